The van der Waals surface area contributed by atoms with E-state index in [9.17, 15) is 8.78 Å². The smallest absolute Gasteiger partial charge is 0.165 e. The molecule has 44 heavy (non-hydrogen) atoms. The molecule has 242 valence electrons. The van der Waals surface area contributed by atoms with Crippen LogP contribution in [-0.4, -0.2) is 37.0 Å². The van der Waals surface area contributed by atoms with Crippen LogP contribution in [0.25, 0.3) is 22.5 Å². The zero-order valence-corrected chi connectivity index (χ0v) is 29.0. The van der Waals surface area contributed by atoms with E-state index in [4.69, 9.17) is 4.74 Å². The Hall–Kier alpha value is -2.60. The molecule has 6 heteroatoms. The molecule has 0 aliphatic rings. The second kappa shape index (κ2) is 19.0. The molecule has 3 aromatic rings. The van der Waals surface area contributed by atoms with Crippen molar-refractivity contribution in [1.29, 1.82) is 0 Å². The lowest BCUT2D eigenvalue weighted by molar-refractivity contribution is 0.101. The first-order chi connectivity index (χ1) is 21.2. The predicted molar refractivity (Wildman–Crippen MR) is 186 cm³/mol. The number of aromatic nitrogens is 2. The summed E-state index contributed by atoms with van der Waals surface area (Å²) in [5, 5.41) is 0. The molecule has 0 aliphatic carbocycles. The van der Waals surface area contributed by atoms with Gasteiger partial charge in [-0.25, -0.2) is 18.7 Å². The van der Waals surface area contributed by atoms with Crippen molar-refractivity contribution in [1.82, 2.24) is 9.97 Å². The zero-order valence-electron chi connectivity index (χ0n) is 28.0. The van der Waals surface area contributed by atoms with E-state index in [-0.39, 0.29) is 13.0 Å². The maximum atomic E-state index is 14.1. The van der Waals surface area contributed by atoms with Crippen molar-refractivity contribution >= 4 is 8.07 Å². The van der Waals surface area contributed by atoms with Crippen LogP contribution in [0.1, 0.15) is 108 Å². The van der Waals surface area contributed by atoms with Crippen LogP contribution in [0.4, 0.5) is 8.78 Å². The highest BCUT2D eigenvalue weighted by Gasteiger charge is 2.27. The van der Waals surface area contributed by atoms with Gasteiger partial charge in [-0.3, -0.25) is 0 Å². The first kappa shape index (κ1) is 35.9. The van der Waals surface area contributed by atoms with E-state index in [1.807, 2.05) is 19.1 Å². The first-order valence-corrected chi connectivity index (χ1v) is 20.7. The van der Waals surface area contributed by atoms with E-state index < -0.39 is 20.4 Å². The molecule has 0 saturated carbocycles. The number of unbranched alkanes of at least 4 members (excludes halogenated alkanes) is 9. The van der Waals surface area contributed by atoms with Crippen molar-refractivity contribution in [2.24, 2.45) is 0 Å². The lowest BCUT2D eigenvalue weighted by Gasteiger charge is -2.30. The van der Waals surface area contributed by atoms with Crippen molar-refractivity contribution in [2.45, 2.75) is 135 Å². The third-order valence-electron chi connectivity index (χ3n) is 8.69. The van der Waals surface area contributed by atoms with Crippen LogP contribution in [0.2, 0.25) is 19.6 Å². The summed E-state index contributed by atoms with van der Waals surface area (Å²) in [6.07, 6.45) is 14.9. The van der Waals surface area contributed by atoms with Crippen molar-refractivity contribution in [3.63, 3.8) is 0 Å². The number of alkyl halides is 2. The summed E-state index contributed by atoms with van der Waals surface area (Å²) in [4.78, 5) is 8.79. The molecule has 3 atom stereocenters. The third-order valence-corrected chi connectivity index (χ3v) is 11.4. The van der Waals surface area contributed by atoms with Gasteiger partial charge in [0, 0.05) is 5.56 Å². The topological polar surface area (TPSA) is 35.0 Å². The number of halogens is 2. The van der Waals surface area contributed by atoms with Crippen LogP contribution >= 0.6 is 0 Å². The normalized spacial score (nSPS) is 13.9. The minimum atomic E-state index is -1.65. The molecule has 0 amide bonds. The number of hydrogen-bond donors (Lipinski definition) is 0. The Kier molecular flexibility index (Phi) is 15.5. The van der Waals surface area contributed by atoms with Gasteiger partial charge in [-0.1, -0.05) is 153 Å². The molecule has 0 N–H and O–H groups in total. The van der Waals surface area contributed by atoms with Gasteiger partial charge >= 0.3 is 0 Å². The van der Waals surface area contributed by atoms with E-state index in [1.165, 1.54) is 81.3 Å². The van der Waals surface area contributed by atoms with Crippen molar-refractivity contribution in [2.75, 3.05) is 6.61 Å². The lowest BCUT2D eigenvalue weighted by atomic mass is 9.99. The van der Waals surface area contributed by atoms with Gasteiger partial charge < -0.3 is 4.74 Å². The molecule has 0 bridgehead atoms. The van der Waals surface area contributed by atoms with Gasteiger partial charge in [0.25, 0.3) is 0 Å². The van der Waals surface area contributed by atoms with Gasteiger partial charge in [-0.2, -0.15) is 0 Å². The molecule has 0 saturated heterocycles. The highest BCUT2D eigenvalue weighted by Crippen LogP contribution is 2.34. The Morgan fingerprint density at radius 2 is 1.09 bits per heavy atom. The van der Waals surface area contributed by atoms with Crippen LogP contribution in [0, 0.1) is 0 Å². The maximum absolute atomic E-state index is 14.1. The summed E-state index contributed by atoms with van der Waals surface area (Å²) in [5.74, 6) is 0.908. The lowest BCUT2D eigenvalue weighted by Crippen LogP contribution is -2.31. The number of rotatable bonds is 21. The Morgan fingerprint density at radius 1 is 0.614 bits per heavy atom. The maximum Gasteiger partial charge on any atom is 0.165 e. The van der Waals surface area contributed by atoms with Gasteiger partial charge in [0.1, 0.15) is 12.8 Å². The van der Waals surface area contributed by atoms with Crippen molar-refractivity contribution < 1.29 is 13.5 Å². The summed E-state index contributed by atoms with van der Waals surface area (Å²) >= 11 is 0. The second-order valence-electron chi connectivity index (χ2n) is 13.5. The fourth-order valence-electron chi connectivity index (χ4n) is 5.89. The van der Waals surface area contributed by atoms with E-state index in [0.717, 1.165) is 24.0 Å². The Labute approximate surface area is 267 Å². The number of nitrogens with zero attached hydrogens (tertiary/aromatic N) is 2. The van der Waals surface area contributed by atoms with Crippen molar-refractivity contribution in [3.05, 3.63) is 66.5 Å². The van der Waals surface area contributed by atoms with Crippen LogP contribution in [0.5, 0.6) is 5.75 Å². The Bertz CT molecular complexity index is 1180. The summed E-state index contributed by atoms with van der Waals surface area (Å²) in [6, 6.07) is 17.5. The highest BCUT2D eigenvalue weighted by atomic mass is 28.3. The molecular weight excluding hydrogens is 567 g/mol. The van der Waals surface area contributed by atoms with E-state index in [2.05, 4.69) is 72.9 Å². The molecule has 0 fully saturated rings. The zero-order chi connectivity index (χ0) is 31.8. The van der Waals surface area contributed by atoms with Crippen LogP contribution < -0.4 is 4.74 Å². The molecule has 0 aliphatic heterocycles. The van der Waals surface area contributed by atoms with Gasteiger partial charge in [-0.05, 0) is 35.1 Å². The SMILES string of the molecule is CCCCCCCCCCC(c1ccc(-c2ccc(-c3ncc(OCC(F)C(F)CCCCC)cn3)cc2)cc1)[Si](C)(C)C. The van der Waals surface area contributed by atoms with Gasteiger partial charge in [0.05, 0.1) is 20.5 Å². The summed E-state index contributed by atoms with van der Waals surface area (Å²) in [5.41, 5.74) is 5.42. The van der Waals surface area contributed by atoms with E-state index in [0.29, 0.717) is 23.5 Å². The molecule has 0 radical (unpaired) electrons. The van der Waals surface area contributed by atoms with E-state index >= 15 is 0 Å². The predicted octanol–water partition coefficient (Wildman–Crippen LogP) is 11.9. The summed E-state index contributed by atoms with van der Waals surface area (Å²) in [6.45, 7) is 11.5. The van der Waals surface area contributed by atoms with Crippen LogP contribution in [-0.2, 0) is 0 Å². The Morgan fingerprint density at radius 3 is 1.66 bits per heavy atom. The summed E-state index contributed by atoms with van der Waals surface area (Å²) < 4.78 is 33.5. The fourth-order valence-corrected chi connectivity index (χ4v) is 8.15. The first-order valence-electron chi connectivity index (χ1n) is 17.2. The van der Waals surface area contributed by atoms with Gasteiger partial charge in [0.15, 0.2) is 17.7 Å². The molecule has 0 spiro atoms. The summed E-state index contributed by atoms with van der Waals surface area (Å²) in [7, 11) is -1.34. The molecule has 3 nitrogen and oxygen atoms in total. The van der Waals surface area contributed by atoms with Crippen LogP contribution in [0.15, 0.2) is 60.9 Å². The molecule has 2 aromatic carbocycles. The molecule has 3 unspecified atom stereocenters. The number of benzene rings is 2. The molecule has 1 heterocycles. The number of ether oxygens (including phenoxy) is 1. The minimum Gasteiger partial charge on any atom is -0.487 e. The molecule has 3 rings (SSSR count). The van der Waals surface area contributed by atoms with Crippen LogP contribution in [0.3, 0.4) is 0 Å². The average molecular weight is 623 g/mol. The average Bonchev–Trinajstić information content (AvgIpc) is 3.03. The second-order valence-corrected chi connectivity index (χ2v) is 18.9. The quantitative estimate of drug-likeness (QED) is 0.0875. The fraction of sp³-hybridized carbons (Fsp3) is 0.579. The minimum absolute atomic E-state index is 0.228. The highest BCUT2D eigenvalue weighted by molar-refractivity contribution is 6.77. The van der Waals surface area contributed by atoms with Gasteiger partial charge in [0.2, 0.25) is 0 Å². The third kappa shape index (κ3) is 12.1. The van der Waals surface area contributed by atoms with E-state index in [1.54, 1.807) is 0 Å². The largest absolute Gasteiger partial charge is 0.487 e. The number of hydrogen-bond acceptors (Lipinski definition) is 3. The Balaban J connectivity index is 1.53. The molecule has 1 aromatic heterocycles. The molecular formula is C38H56F2N2OSi. The van der Waals surface area contributed by atoms with Crippen molar-refractivity contribution in [3.8, 4) is 28.3 Å². The monoisotopic (exact) mass is 622 g/mol. The van der Waals surface area contributed by atoms with Gasteiger partial charge in [-0.15, -0.1) is 0 Å². The standard InChI is InChI=1S/C38H56F2N2OSi/c1-6-8-10-11-12-13-14-16-18-37(44(3,4)5)32-23-19-30(20-24-32)31-21-25-33(26-22-31)38-41-27-34(28-42-38)43-29-36(40)35(39)17-15-9-7-2/h19-28,35-37H,6-18,29H2,1-5H3.